The quantitative estimate of drug-likeness (QED) is 0.571. The van der Waals surface area contributed by atoms with Crippen LogP contribution >= 0.6 is 0 Å². The van der Waals surface area contributed by atoms with Crippen LogP contribution in [0.4, 0.5) is 0 Å². The number of carbonyl (C=O) groups excluding carboxylic acids is 3. The van der Waals surface area contributed by atoms with E-state index in [9.17, 15) is 14.4 Å². The van der Waals surface area contributed by atoms with Crippen molar-refractivity contribution >= 4 is 17.7 Å². The van der Waals surface area contributed by atoms with Crippen molar-refractivity contribution in [2.75, 3.05) is 13.2 Å². The van der Waals surface area contributed by atoms with Crippen molar-refractivity contribution < 1.29 is 23.9 Å². The van der Waals surface area contributed by atoms with Crippen molar-refractivity contribution in [3.8, 4) is 5.75 Å². The second-order valence-corrected chi connectivity index (χ2v) is 6.24. The van der Waals surface area contributed by atoms with Crippen LogP contribution in [-0.4, -0.2) is 36.9 Å². The van der Waals surface area contributed by atoms with Gasteiger partial charge in [-0.1, -0.05) is 42.0 Å². The lowest BCUT2D eigenvalue weighted by molar-refractivity contribution is -0.146. The molecule has 0 saturated heterocycles. The zero-order chi connectivity index (χ0) is 19.8. The fourth-order valence-electron chi connectivity index (χ4n) is 2.47. The standard InChI is InChI=1S/C21H23NO5/c1-14-9-10-18(15(2)11-14)19(23)12-27-21(25)16(3)22-20(24)13-26-17-7-5-4-6-8-17/h4-11,16H,12-13H2,1-3H3,(H,22,24)/t16-/m0/s1. The monoisotopic (exact) mass is 369 g/mol. The Morgan fingerprint density at radius 1 is 1.00 bits per heavy atom. The summed E-state index contributed by atoms with van der Waals surface area (Å²) in [6, 6.07) is 13.4. The zero-order valence-electron chi connectivity index (χ0n) is 15.7. The van der Waals surface area contributed by atoms with Crippen LogP contribution < -0.4 is 10.1 Å². The zero-order valence-corrected chi connectivity index (χ0v) is 15.7. The highest BCUT2D eigenvalue weighted by molar-refractivity contribution is 5.99. The van der Waals surface area contributed by atoms with Crippen molar-refractivity contribution in [1.29, 1.82) is 0 Å². The summed E-state index contributed by atoms with van der Waals surface area (Å²) in [6.07, 6.45) is 0. The SMILES string of the molecule is Cc1ccc(C(=O)COC(=O)[C@H](C)NC(=O)COc2ccccc2)c(C)c1. The van der Waals surface area contributed by atoms with Crippen molar-refractivity contribution in [3.05, 3.63) is 65.2 Å². The van der Waals surface area contributed by atoms with E-state index in [-0.39, 0.29) is 19.0 Å². The number of ether oxygens (including phenoxy) is 2. The molecule has 142 valence electrons. The molecule has 0 aliphatic rings. The maximum absolute atomic E-state index is 12.2. The summed E-state index contributed by atoms with van der Waals surface area (Å²) in [6.45, 7) is 4.67. The number of Topliss-reactive ketones (excluding diaryl/α,β-unsaturated/α-hetero) is 1. The highest BCUT2D eigenvalue weighted by atomic mass is 16.5. The lowest BCUT2D eigenvalue weighted by Crippen LogP contribution is -2.42. The third-order valence-corrected chi connectivity index (χ3v) is 3.87. The molecule has 0 radical (unpaired) electrons. The summed E-state index contributed by atoms with van der Waals surface area (Å²) >= 11 is 0. The van der Waals surface area contributed by atoms with E-state index < -0.39 is 17.9 Å². The van der Waals surface area contributed by atoms with Crippen LogP contribution in [-0.2, 0) is 14.3 Å². The van der Waals surface area contributed by atoms with Gasteiger partial charge in [-0.05, 0) is 38.5 Å². The molecular weight excluding hydrogens is 346 g/mol. The van der Waals surface area contributed by atoms with Gasteiger partial charge < -0.3 is 14.8 Å². The van der Waals surface area contributed by atoms with Gasteiger partial charge in [0.05, 0.1) is 0 Å². The van der Waals surface area contributed by atoms with Gasteiger partial charge in [0.2, 0.25) is 5.78 Å². The smallest absolute Gasteiger partial charge is 0.328 e. The topological polar surface area (TPSA) is 81.7 Å². The van der Waals surface area contributed by atoms with E-state index in [4.69, 9.17) is 9.47 Å². The number of hydrogen-bond acceptors (Lipinski definition) is 5. The molecule has 0 bridgehead atoms. The number of carbonyl (C=O) groups is 3. The number of esters is 1. The Bertz CT molecular complexity index is 817. The van der Waals surface area contributed by atoms with Gasteiger partial charge in [0.25, 0.3) is 5.91 Å². The minimum absolute atomic E-state index is 0.219. The Morgan fingerprint density at radius 3 is 2.37 bits per heavy atom. The molecule has 0 fully saturated rings. The van der Waals surface area contributed by atoms with E-state index in [0.717, 1.165) is 11.1 Å². The normalized spacial score (nSPS) is 11.4. The van der Waals surface area contributed by atoms with Crippen LogP contribution in [0.3, 0.4) is 0 Å². The first-order chi connectivity index (χ1) is 12.9. The second kappa shape index (κ2) is 9.52. The number of hydrogen-bond donors (Lipinski definition) is 1. The first-order valence-corrected chi connectivity index (χ1v) is 8.61. The van der Waals surface area contributed by atoms with Crippen LogP contribution in [0, 0.1) is 13.8 Å². The van der Waals surface area contributed by atoms with Crippen molar-refractivity contribution in [2.24, 2.45) is 0 Å². The third-order valence-electron chi connectivity index (χ3n) is 3.87. The van der Waals surface area contributed by atoms with E-state index in [0.29, 0.717) is 11.3 Å². The van der Waals surface area contributed by atoms with E-state index in [2.05, 4.69) is 5.32 Å². The highest BCUT2D eigenvalue weighted by Crippen LogP contribution is 2.11. The van der Waals surface area contributed by atoms with Crippen LogP contribution in [0.2, 0.25) is 0 Å². The molecule has 6 heteroatoms. The molecule has 2 aromatic rings. The van der Waals surface area contributed by atoms with Crippen LogP contribution in [0.25, 0.3) is 0 Å². The Labute approximate surface area is 158 Å². The number of para-hydroxylation sites is 1. The number of benzene rings is 2. The van der Waals surface area contributed by atoms with E-state index in [1.165, 1.54) is 6.92 Å². The molecule has 27 heavy (non-hydrogen) atoms. The largest absolute Gasteiger partial charge is 0.484 e. The molecule has 1 amide bonds. The Balaban J connectivity index is 1.77. The summed E-state index contributed by atoms with van der Waals surface area (Å²) < 4.78 is 10.3. The average Bonchev–Trinajstić information content (AvgIpc) is 2.65. The van der Waals surface area contributed by atoms with Crippen LogP contribution in [0.15, 0.2) is 48.5 Å². The Hall–Kier alpha value is -3.15. The van der Waals surface area contributed by atoms with Crippen LogP contribution in [0.5, 0.6) is 5.75 Å². The molecule has 1 N–H and O–H groups in total. The molecule has 0 aliphatic carbocycles. The van der Waals surface area contributed by atoms with Gasteiger partial charge >= 0.3 is 5.97 Å². The first kappa shape index (κ1) is 20.2. The molecule has 0 aliphatic heterocycles. The summed E-state index contributed by atoms with van der Waals surface area (Å²) in [7, 11) is 0. The molecular formula is C21H23NO5. The first-order valence-electron chi connectivity index (χ1n) is 8.61. The van der Waals surface area contributed by atoms with Gasteiger partial charge in [0, 0.05) is 5.56 Å². The summed E-state index contributed by atoms with van der Waals surface area (Å²) in [5, 5.41) is 2.48. The summed E-state index contributed by atoms with van der Waals surface area (Å²) in [4.78, 5) is 36.1. The molecule has 0 saturated carbocycles. The van der Waals surface area contributed by atoms with Gasteiger partial charge in [-0.3, -0.25) is 9.59 Å². The van der Waals surface area contributed by atoms with E-state index in [1.54, 1.807) is 30.3 Å². The molecule has 0 unspecified atom stereocenters. The van der Waals surface area contributed by atoms with Gasteiger partial charge in [0.1, 0.15) is 11.8 Å². The third kappa shape index (κ3) is 6.26. The molecule has 2 rings (SSSR count). The number of ketones is 1. The number of amides is 1. The fraction of sp³-hybridized carbons (Fsp3) is 0.286. The minimum atomic E-state index is -0.885. The lowest BCUT2D eigenvalue weighted by atomic mass is 10.0. The van der Waals surface area contributed by atoms with Crippen molar-refractivity contribution in [3.63, 3.8) is 0 Å². The predicted octanol–water partition coefficient (Wildman–Crippen LogP) is 2.61. The number of rotatable bonds is 8. The molecule has 0 heterocycles. The highest BCUT2D eigenvalue weighted by Gasteiger charge is 2.19. The summed E-state index contributed by atoms with van der Waals surface area (Å²) in [5.74, 6) is -0.862. The molecule has 1 atom stereocenters. The summed E-state index contributed by atoms with van der Waals surface area (Å²) in [5.41, 5.74) is 2.40. The number of aryl methyl sites for hydroxylation is 2. The molecule has 2 aromatic carbocycles. The predicted molar refractivity (Wildman–Crippen MR) is 101 cm³/mol. The van der Waals surface area contributed by atoms with Gasteiger partial charge in [0.15, 0.2) is 13.2 Å². The average molecular weight is 369 g/mol. The fourth-order valence-corrected chi connectivity index (χ4v) is 2.47. The maximum Gasteiger partial charge on any atom is 0.328 e. The minimum Gasteiger partial charge on any atom is -0.484 e. The Kier molecular flexibility index (Phi) is 7.11. The molecule has 0 aromatic heterocycles. The number of nitrogens with one attached hydrogen (secondary N) is 1. The second-order valence-electron chi connectivity index (χ2n) is 6.24. The van der Waals surface area contributed by atoms with E-state index in [1.807, 2.05) is 32.0 Å². The van der Waals surface area contributed by atoms with Gasteiger partial charge in [-0.15, -0.1) is 0 Å². The lowest BCUT2D eigenvalue weighted by Gasteiger charge is -2.14. The molecule has 6 nitrogen and oxygen atoms in total. The van der Waals surface area contributed by atoms with Gasteiger partial charge in [-0.25, -0.2) is 4.79 Å². The van der Waals surface area contributed by atoms with Crippen molar-refractivity contribution in [1.82, 2.24) is 5.32 Å². The maximum atomic E-state index is 12.2. The van der Waals surface area contributed by atoms with Gasteiger partial charge in [-0.2, -0.15) is 0 Å². The molecule has 0 spiro atoms. The Morgan fingerprint density at radius 2 is 1.70 bits per heavy atom. The van der Waals surface area contributed by atoms with Crippen LogP contribution in [0.1, 0.15) is 28.4 Å². The van der Waals surface area contributed by atoms with Crippen molar-refractivity contribution in [2.45, 2.75) is 26.8 Å². The van der Waals surface area contributed by atoms with E-state index >= 15 is 0 Å².